The van der Waals surface area contributed by atoms with Crippen LogP contribution in [0.3, 0.4) is 0 Å². The van der Waals surface area contributed by atoms with Crippen LogP contribution in [0.1, 0.15) is 24.3 Å². The highest BCUT2D eigenvalue weighted by Gasteiger charge is 2.24. The highest BCUT2D eigenvalue weighted by molar-refractivity contribution is 5.68. The Morgan fingerprint density at radius 2 is 2.21 bits per heavy atom. The monoisotopic (exact) mass is 195 g/mol. The van der Waals surface area contributed by atoms with Gasteiger partial charge in [0, 0.05) is 0 Å². The molecule has 0 heterocycles. The van der Waals surface area contributed by atoms with Gasteiger partial charge in [0.1, 0.15) is 0 Å². The first-order valence-corrected chi connectivity index (χ1v) is 4.43. The van der Waals surface area contributed by atoms with E-state index in [1.165, 1.54) is 12.1 Å². The summed E-state index contributed by atoms with van der Waals surface area (Å²) in [5, 5.41) is 0. The van der Waals surface area contributed by atoms with Crippen LogP contribution in [0.4, 0.5) is 9.18 Å². The predicted octanol–water partition coefficient (Wildman–Crippen LogP) is 2.16. The third-order valence-corrected chi connectivity index (χ3v) is 2.21. The average Bonchev–Trinajstić information content (AvgIpc) is 2.91. The minimum absolute atomic E-state index is 0.0816. The van der Waals surface area contributed by atoms with Gasteiger partial charge in [-0.2, -0.15) is 0 Å². The zero-order valence-electron chi connectivity index (χ0n) is 7.50. The number of amides is 1. The number of hydrogen-bond acceptors (Lipinski definition) is 2. The molecule has 14 heavy (non-hydrogen) atoms. The summed E-state index contributed by atoms with van der Waals surface area (Å²) in [4.78, 5) is 10.5. The summed E-state index contributed by atoms with van der Waals surface area (Å²) >= 11 is 0. The molecule has 2 N–H and O–H groups in total. The normalized spacial score (nSPS) is 15.2. The van der Waals surface area contributed by atoms with Crippen molar-refractivity contribution in [2.45, 2.75) is 18.8 Å². The molecule has 1 aromatic carbocycles. The number of halogens is 1. The van der Waals surface area contributed by atoms with Gasteiger partial charge in [0.2, 0.25) is 0 Å². The van der Waals surface area contributed by atoms with Crippen molar-refractivity contribution in [1.82, 2.24) is 0 Å². The third kappa shape index (κ3) is 1.84. The third-order valence-electron chi connectivity index (χ3n) is 2.21. The molecule has 2 rings (SSSR count). The lowest BCUT2D eigenvalue weighted by Crippen LogP contribution is -2.17. The maximum Gasteiger partial charge on any atom is 0.410 e. The van der Waals surface area contributed by atoms with Crippen molar-refractivity contribution in [3.8, 4) is 5.75 Å². The molecule has 0 saturated heterocycles. The Hall–Kier alpha value is -1.58. The van der Waals surface area contributed by atoms with Crippen molar-refractivity contribution in [2.24, 2.45) is 5.73 Å². The van der Waals surface area contributed by atoms with Gasteiger partial charge < -0.3 is 10.5 Å². The Kier molecular flexibility index (Phi) is 2.11. The van der Waals surface area contributed by atoms with Gasteiger partial charge in [0.15, 0.2) is 11.6 Å². The Labute approximate surface area is 80.7 Å². The van der Waals surface area contributed by atoms with E-state index in [1.807, 2.05) is 0 Å². The molecule has 0 aliphatic heterocycles. The Bertz CT molecular complexity index is 374. The van der Waals surface area contributed by atoms with Crippen LogP contribution in [0.25, 0.3) is 0 Å². The molecule has 1 aromatic rings. The van der Waals surface area contributed by atoms with Crippen LogP contribution in [0.2, 0.25) is 0 Å². The van der Waals surface area contributed by atoms with E-state index in [9.17, 15) is 9.18 Å². The molecule has 1 amide bonds. The standard InChI is InChI=1S/C10H10FNO2/c11-8-4-3-7(6-1-2-6)5-9(8)14-10(12)13/h3-6H,1-2H2,(H2,12,13). The molecule has 1 aliphatic rings. The van der Waals surface area contributed by atoms with Crippen molar-refractivity contribution in [1.29, 1.82) is 0 Å². The van der Waals surface area contributed by atoms with Gasteiger partial charge in [0.05, 0.1) is 0 Å². The van der Waals surface area contributed by atoms with E-state index in [0.717, 1.165) is 18.4 Å². The summed E-state index contributed by atoms with van der Waals surface area (Å²) in [6.07, 6.45) is 1.24. The highest BCUT2D eigenvalue weighted by atomic mass is 19.1. The highest BCUT2D eigenvalue weighted by Crippen LogP contribution is 2.41. The number of benzene rings is 1. The number of carbonyl (C=O) groups excluding carboxylic acids is 1. The molecule has 1 aliphatic carbocycles. The van der Waals surface area contributed by atoms with E-state index < -0.39 is 11.9 Å². The predicted molar refractivity (Wildman–Crippen MR) is 48.6 cm³/mol. The second-order valence-corrected chi connectivity index (χ2v) is 3.39. The van der Waals surface area contributed by atoms with Gasteiger partial charge in [-0.1, -0.05) is 6.07 Å². The van der Waals surface area contributed by atoms with Crippen LogP contribution in [0.15, 0.2) is 18.2 Å². The molecule has 0 radical (unpaired) electrons. The van der Waals surface area contributed by atoms with Crippen molar-refractivity contribution < 1.29 is 13.9 Å². The van der Waals surface area contributed by atoms with E-state index >= 15 is 0 Å². The summed E-state index contributed by atoms with van der Waals surface area (Å²) in [7, 11) is 0. The Morgan fingerprint density at radius 3 is 2.79 bits per heavy atom. The van der Waals surface area contributed by atoms with Crippen LogP contribution in [-0.4, -0.2) is 6.09 Å². The largest absolute Gasteiger partial charge is 0.410 e. The first kappa shape index (κ1) is 8.99. The van der Waals surface area contributed by atoms with Gasteiger partial charge in [-0.05, 0) is 36.5 Å². The molecule has 0 atom stereocenters. The summed E-state index contributed by atoms with van der Waals surface area (Å²) in [5.41, 5.74) is 5.81. The average molecular weight is 195 g/mol. The smallest absolute Gasteiger partial charge is 0.407 e. The summed E-state index contributed by atoms with van der Waals surface area (Å²) in [5.74, 6) is -0.152. The summed E-state index contributed by atoms with van der Waals surface area (Å²) < 4.78 is 17.6. The number of nitrogens with two attached hydrogens (primary N) is 1. The van der Waals surface area contributed by atoms with Crippen LogP contribution < -0.4 is 10.5 Å². The second kappa shape index (κ2) is 3.29. The maximum absolute atomic E-state index is 13.1. The first-order valence-electron chi connectivity index (χ1n) is 4.43. The second-order valence-electron chi connectivity index (χ2n) is 3.39. The van der Waals surface area contributed by atoms with Gasteiger partial charge in [-0.3, -0.25) is 0 Å². The molecule has 0 bridgehead atoms. The Balaban J connectivity index is 2.26. The molecule has 0 unspecified atom stereocenters. The summed E-state index contributed by atoms with van der Waals surface area (Å²) in [6, 6.07) is 4.55. The van der Waals surface area contributed by atoms with Gasteiger partial charge in [0.25, 0.3) is 0 Å². The quantitative estimate of drug-likeness (QED) is 0.786. The number of rotatable bonds is 2. The van der Waals surface area contributed by atoms with Gasteiger partial charge in [-0.25, -0.2) is 9.18 Å². The number of ether oxygens (including phenoxy) is 1. The van der Waals surface area contributed by atoms with E-state index in [2.05, 4.69) is 4.74 Å². The topological polar surface area (TPSA) is 52.3 Å². The molecular weight excluding hydrogens is 185 g/mol. The molecule has 4 heteroatoms. The van der Waals surface area contributed by atoms with Gasteiger partial charge in [-0.15, -0.1) is 0 Å². The number of primary amides is 1. The van der Waals surface area contributed by atoms with Crippen LogP contribution in [0, 0.1) is 5.82 Å². The van der Waals surface area contributed by atoms with Crippen LogP contribution >= 0.6 is 0 Å². The Morgan fingerprint density at radius 1 is 1.50 bits per heavy atom. The minimum Gasteiger partial charge on any atom is -0.407 e. The van der Waals surface area contributed by atoms with Crippen LogP contribution in [-0.2, 0) is 0 Å². The zero-order valence-corrected chi connectivity index (χ0v) is 7.50. The molecule has 1 fully saturated rings. The van der Waals surface area contributed by atoms with Crippen molar-refractivity contribution in [3.05, 3.63) is 29.6 Å². The number of carbonyl (C=O) groups is 1. The minimum atomic E-state index is -0.989. The van der Waals surface area contributed by atoms with E-state index in [0.29, 0.717) is 5.92 Å². The van der Waals surface area contributed by atoms with E-state index in [1.54, 1.807) is 6.07 Å². The fourth-order valence-electron chi connectivity index (χ4n) is 1.38. The number of hydrogen-bond donors (Lipinski definition) is 1. The lowest BCUT2D eigenvalue weighted by atomic mass is 10.1. The van der Waals surface area contributed by atoms with Crippen LogP contribution in [0.5, 0.6) is 5.75 Å². The molecule has 0 aromatic heterocycles. The zero-order chi connectivity index (χ0) is 10.1. The molecule has 0 spiro atoms. The fourth-order valence-corrected chi connectivity index (χ4v) is 1.38. The van der Waals surface area contributed by atoms with Gasteiger partial charge >= 0.3 is 6.09 Å². The molecular formula is C10H10FNO2. The van der Waals surface area contributed by atoms with Crippen molar-refractivity contribution >= 4 is 6.09 Å². The fraction of sp³-hybridized carbons (Fsp3) is 0.300. The van der Waals surface area contributed by atoms with Crippen molar-refractivity contribution in [3.63, 3.8) is 0 Å². The molecule has 1 saturated carbocycles. The first-order chi connectivity index (χ1) is 6.66. The summed E-state index contributed by atoms with van der Waals surface area (Å²) in [6.45, 7) is 0. The lowest BCUT2D eigenvalue weighted by molar-refractivity contribution is 0.208. The maximum atomic E-state index is 13.1. The SMILES string of the molecule is NC(=O)Oc1cc(C2CC2)ccc1F. The van der Waals surface area contributed by atoms with Crippen molar-refractivity contribution in [2.75, 3.05) is 0 Å². The lowest BCUT2D eigenvalue weighted by Gasteiger charge is -2.04. The van der Waals surface area contributed by atoms with E-state index in [4.69, 9.17) is 5.73 Å². The molecule has 3 nitrogen and oxygen atoms in total. The van der Waals surface area contributed by atoms with E-state index in [-0.39, 0.29) is 5.75 Å². The molecule has 74 valence electrons.